The van der Waals surface area contributed by atoms with E-state index in [4.69, 9.17) is 11.6 Å². The molecular weight excluding hydrogens is 254 g/mol. The van der Waals surface area contributed by atoms with Crippen LogP contribution < -0.4 is 16.6 Å². The zero-order valence-corrected chi connectivity index (χ0v) is 10.3. The molecule has 1 fully saturated rings. The minimum absolute atomic E-state index is 0.0954. The van der Waals surface area contributed by atoms with Crippen LogP contribution in [0.15, 0.2) is 27.8 Å². The molecule has 0 bridgehead atoms. The topological polar surface area (TPSA) is 66.9 Å². The summed E-state index contributed by atoms with van der Waals surface area (Å²) in [6, 6.07) is 4.95. The van der Waals surface area contributed by atoms with E-state index < -0.39 is 0 Å². The second-order valence-electron chi connectivity index (χ2n) is 4.41. The van der Waals surface area contributed by atoms with Crippen LogP contribution >= 0.6 is 11.6 Å². The molecule has 1 aliphatic heterocycles. The number of hydrogen-bond donors (Lipinski definition) is 2. The molecule has 3 rings (SSSR count). The van der Waals surface area contributed by atoms with Gasteiger partial charge in [0, 0.05) is 6.54 Å². The molecule has 0 spiro atoms. The van der Waals surface area contributed by atoms with E-state index in [9.17, 15) is 9.59 Å². The predicted octanol–water partition coefficient (Wildman–Crippen LogP) is 0.878. The molecule has 0 amide bonds. The summed E-state index contributed by atoms with van der Waals surface area (Å²) in [7, 11) is 0. The van der Waals surface area contributed by atoms with Crippen LogP contribution in [0.1, 0.15) is 12.5 Å². The van der Waals surface area contributed by atoms with Crippen LogP contribution in [0.5, 0.6) is 0 Å². The van der Waals surface area contributed by atoms with Gasteiger partial charge in [-0.25, -0.2) is 4.79 Å². The number of nitrogens with zero attached hydrogens (tertiary/aromatic N) is 1. The van der Waals surface area contributed by atoms with Gasteiger partial charge in [-0.05, 0) is 25.1 Å². The molecule has 18 heavy (non-hydrogen) atoms. The van der Waals surface area contributed by atoms with Gasteiger partial charge in [0.1, 0.15) is 0 Å². The van der Waals surface area contributed by atoms with Crippen molar-refractivity contribution in [3.8, 4) is 0 Å². The van der Waals surface area contributed by atoms with Crippen molar-refractivity contribution in [1.29, 1.82) is 0 Å². The van der Waals surface area contributed by atoms with Crippen molar-refractivity contribution in [1.82, 2.24) is 14.9 Å². The van der Waals surface area contributed by atoms with E-state index in [-0.39, 0.29) is 17.3 Å². The highest BCUT2D eigenvalue weighted by atomic mass is 35.5. The highest BCUT2D eigenvalue weighted by Gasteiger charge is 2.21. The van der Waals surface area contributed by atoms with Crippen LogP contribution in [0.2, 0.25) is 5.02 Å². The Labute approximate surface area is 107 Å². The normalized spacial score (nSPS) is 19.5. The van der Waals surface area contributed by atoms with Gasteiger partial charge >= 0.3 is 5.69 Å². The summed E-state index contributed by atoms with van der Waals surface area (Å²) in [5, 5.41) is 3.89. The van der Waals surface area contributed by atoms with E-state index >= 15 is 0 Å². The van der Waals surface area contributed by atoms with Crippen molar-refractivity contribution in [3.63, 3.8) is 0 Å². The molecule has 0 radical (unpaired) electrons. The van der Waals surface area contributed by atoms with Gasteiger partial charge < -0.3 is 10.3 Å². The summed E-state index contributed by atoms with van der Waals surface area (Å²) in [6.07, 6.45) is 0.777. The minimum Gasteiger partial charge on any atom is -0.315 e. The Hall–Kier alpha value is -1.59. The van der Waals surface area contributed by atoms with Crippen LogP contribution in [-0.4, -0.2) is 22.6 Å². The first-order valence-electron chi connectivity index (χ1n) is 5.82. The minimum atomic E-state index is -0.372. The summed E-state index contributed by atoms with van der Waals surface area (Å²) < 4.78 is 1.27. The molecule has 1 saturated heterocycles. The summed E-state index contributed by atoms with van der Waals surface area (Å²) in [4.78, 5) is 27.1. The van der Waals surface area contributed by atoms with Crippen LogP contribution in [-0.2, 0) is 0 Å². The molecule has 5 nitrogen and oxygen atoms in total. The number of halogens is 1. The second-order valence-corrected chi connectivity index (χ2v) is 4.82. The summed E-state index contributed by atoms with van der Waals surface area (Å²) in [5.74, 6) is 0. The zero-order valence-electron chi connectivity index (χ0n) is 9.57. The molecule has 1 aromatic heterocycles. The fraction of sp³-hybridized carbons (Fsp3) is 0.333. The maximum atomic E-state index is 12.4. The van der Waals surface area contributed by atoms with Gasteiger partial charge in [0.05, 0.1) is 22.0 Å². The molecule has 1 atom stereocenters. The van der Waals surface area contributed by atoms with Crippen molar-refractivity contribution in [3.05, 3.63) is 44.1 Å². The molecule has 2 N–H and O–H groups in total. The number of nitrogens with one attached hydrogen (secondary N) is 2. The van der Waals surface area contributed by atoms with Crippen LogP contribution in [0.3, 0.4) is 0 Å². The van der Waals surface area contributed by atoms with Gasteiger partial charge in [0.2, 0.25) is 0 Å². The number of rotatable bonds is 1. The lowest BCUT2D eigenvalue weighted by atomic mass is 10.2. The lowest BCUT2D eigenvalue weighted by Gasteiger charge is -2.12. The number of hydrogen-bond acceptors (Lipinski definition) is 3. The third-order valence-electron chi connectivity index (χ3n) is 3.31. The van der Waals surface area contributed by atoms with Crippen LogP contribution in [0.25, 0.3) is 10.9 Å². The van der Waals surface area contributed by atoms with Crippen LogP contribution in [0, 0.1) is 0 Å². The smallest absolute Gasteiger partial charge is 0.315 e. The Bertz CT molecular complexity index is 713. The quantitative estimate of drug-likeness (QED) is 0.804. The van der Waals surface area contributed by atoms with Crippen molar-refractivity contribution in [2.45, 2.75) is 12.5 Å². The van der Waals surface area contributed by atoms with Gasteiger partial charge in [-0.1, -0.05) is 17.7 Å². The number of H-pyrrole nitrogens is 1. The standard InChI is InChI=1S/C12H12ClN3O2/c13-8-2-1-3-9-10(8)11(17)16(12(18)15-9)7-4-5-14-6-7/h1-3,7,14H,4-6H2,(H,15,18). The molecule has 0 saturated carbocycles. The van der Waals surface area contributed by atoms with Crippen molar-refractivity contribution in [2.75, 3.05) is 13.1 Å². The molecule has 6 heteroatoms. The van der Waals surface area contributed by atoms with Crippen molar-refractivity contribution in [2.24, 2.45) is 0 Å². The molecule has 1 unspecified atom stereocenters. The maximum Gasteiger partial charge on any atom is 0.329 e. The molecule has 1 aromatic carbocycles. The fourth-order valence-corrected chi connectivity index (χ4v) is 2.68. The van der Waals surface area contributed by atoms with Crippen LogP contribution in [0.4, 0.5) is 0 Å². The van der Waals surface area contributed by atoms with E-state index in [1.807, 2.05) is 0 Å². The van der Waals surface area contributed by atoms with E-state index in [0.29, 0.717) is 22.5 Å². The summed E-state index contributed by atoms with van der Waals surface area (Å²) in [6.45, 7) is 1.45. The van der Waals surface area contributed by atoms with Crippen molar-refractivity contribution >= 4 is 22.5 Å². The first-order valence-corrected chi connectivity index (χ1v) is 6.20. The third kappa shape index (κ3) is 1.67. The van der Waals surface area contributed by atoms with Crippen molar-refractivity contribution < 1.29 is 0 Å². The van der Waals surface area contributed by atoms with E-state index in [2.05, 4.69) is 10.3 Å². The van der Waals surface area contributed by atoms with E-state index in [1.165, 1.54) is 4.57 Å². The highest BCUT2D eigenvalue weighted by molar-refractivity contribution is 6.35. The maximum absolute atomic E-state index is 12.4. The lowest BCUT2D eigenvalue weighted by molar-refractivity contribution is 0.508. The average molecular weight is 266 g/mol. The van der Waals surface area contributed by atoms with E-state index in [0.717, 1.165) is 13.0 Å². The Morgan fingerprint density at radius 1 is 1.33 bits per heavy atom. The first kappa shape index (κ1) is 11.5. The van der Waals surface area contributed by atoms with Gasteiger partial charge in [0.15, 0.2) is 0 Å². The highest BCUT2D eigenvalue weighted by Crippen LogP contribution is 2.18. The molecule has 2 heterocycles. The Balaban J connectivity index is 2.36. The number of benzene rings is 1. The first-order chi connectivity index (χ1) is 8.68. The van der Waals surface area contributed by atoms with Gasteiger partial charge in [-0.3, -0.25) is 9.36 Å². The average Bonchev–Trinajstić information content (AvgIpc) is 2.82. The zero-order chi connectivity index (χ0) is 12.7. The number of aromatic nitrogens is 2. The van der Waals surface area contributed by atoms with Gasteiger partial charge in [0.25, 0.3) is 5.56 Å². The predicted molar refractivity (Wildman–Crippen MR) is 70.4 cm³/mol. The summed E-state index contributed by atoms with van der Waals surface area (Å²) >= 11 is 6.04. The number of fused-ring (bicyclic) bond motifs is 1. The third-order valence-corrected chi connectivity index (χ3v) is 3.62. The monoisotopic (exact) mass is 265 g/mol. The lowest BCUT2D eigenvalue weighted by Crippen LogP contribution is -2.38. The largest absolute Gasteiger partial charge is 0.329 e. The fourth-order valence-electron chi connectivity index (χ4n) is 2.43. The SMILES string of the molecule is O=c1[nH]c2cccc(Cl)c2c(=O)n1C1CCNC1. The van der Waals surface area contributed by atoms with Gasteiger partial charge in [-0.2, -0.15) is 0 Å². The molecular formula is C12H12ClN3O2. The molecule has 2 aromatic rings. The second kappa shape index (κ2) is 4.26. The Morgan fingerprint density at radius 3 is 2.89 bits per heavy atom. The number of aromatic amines is 1. The molecule has 1 aliphatic rings. The summed E-state index contributed by atoms with van der Waals surface area (Å²) in [5.41, 5.74) is -0.198. The van der Waals surface area contributed by atoms with Gasteiger partial charge in [-0.15, -0.1) is 0 Å². The Kier molecular flexibility index (Phi) is 2.72. The molecule has 0 aliphatic carbocycles. The van der Waals surface area contributed by atoms with E-state index in [1.54, 1.807) is 18.2 Å². The Morgan fingerprint density at radius 2 is 2.17 bits per heavy atom. The molecule has 94 valence electrons.